The number of hydrogen-bond acceptors (Lipinski definition) is 2. The molecule has 0 amide bonds. The monoisotopic (exact) mass is 610 g/mol. The van der Waals surface area contributed by atoms with Crippen molar-refractivity contribution in [1.82, 2.24) is 9.13 Å². The van der Waals surface area contributed by atoms with Crippen molar-refractivity contribution in [3.05, 3.63) is 169 Å². The van der Waals surface area contributed by atoms with E-state index in [0.717, 1.165) is 55.4 Å². The quantitative estimate of drug-likeness (QED) is 0.199. The topological polar surface area (TPSA) is 57.4 Å². The summed E-state index contributed by atoms with van der Waals surface area (Å²) in [7, 11) is 0. The van der Waals surface area contributed by atoms with Gasteiger partial charge in [0, 0.05) is 38.4 Å². The van der Waals surface area contributed by atoms with Gasteiger partial charge in [-0.3, -0.25) is 0 Å². The Bertz CT molecular complexity index is 2750. The molecule has 0 saturated carbocycles. The largest absolute Gasteiger partial charge is 0.309 e. The third-order valence-electron chi connectivity index (χ3n) is 9.42. The second-order valence-electron chi connectivity index (χ2n) is 12.0. The lowest BCUT2D eigenvalue weighted by Gasteiger charge is -2.15. The highest BCUT2D eigenvalue weighted by Crippen LogP contribution is 2.38. The molecular formula is C44H26N4. The van der Waals surface area contributed by atoms with E-state index in [4.69, 9.17) is 0 Å². The van der Waals surface area contributed by atoms with Gasteiger partial charge in [0.2, 0.25) is 0 Å². The van der Waals surface area contributed by atoms with Crippen molar-refractivity contribution < 1.29 is 0 Å². The highest BCUT2D eigenvalue weighted by Gasteiger charge is 2.17. The van der Waals surface area contributed by atoms with E-state index in [2.05, 4.69) is 137 Å². The average Bonchev–Trinajstić information content (AvgIpc) is 3.67. The molecule has 2 heterocycles. The molecule has 2 aromatic heterocycles. The van der Waals surface area contributed by atoms with Crippen LogP contribution in [-0.4, -0.2) is 9.13 Å². The molecule has 9 aromatic rings. The number of nitrogens with zero attached hydrogens (tertiary/aromatic N) is 4. The Morgan fingerprint density at radius 3 is 1.56 bits per heavy atom. The fourth-order valence-electron chi connectivity index (χ4n) is 7.25. The zero-order valence-corrected chi connectivity index (χ0v) is 25.8. The maximum Gasteiger partial charge on any atom is 0.0998 e. The van der Waals surface area contributed by atoms with E-state index in [0.29, 0.717) is 11.1 Å². The molecule has 48 heavy (non-hydrogen) atoms. The number of hydrogen-bond donors (Lipinski definition) is 0. The van der Waals surface area contributed by atoms with Crippen LogP contribution in [0.3, 0.4) is 0 Å². The first kappa shape index (κ1) is 27.4. The van der Waals surface area contributed by atoms with Crippen LogP contribution in [0.4, 0.5) is 0 Å². The number of nitriles is 2. The number of aromatic nitrogens is 2. The molecule has 0 radical (unpaired) electrons. The lowest BCUT2D eigenvalue weighted by atomic mass is 9.96. The van der Waals surface area contributed by atoms with Crippen molar-refractivity contribution in [2.24, 2.45) is 0 Å². The number of rotatable bonds is 4. The molecule has 0 saturated heterocycles. The van der Waals surface area contributed by atoms with Crippen LogP contribution >= 0.6 is 0 Å². The summed E-state index contributed by atoms with van der Waals surface area (Å²) in [4.78, 5) is 0. The highest BCUT2D eigenvalue weighted by atomic mass is 15.0. The van der Waals surface area contributed by atoms with Crippen LogP contribution in [0.25, 0.3) is 77.2 Å². The molecule has 0 fully saturated rings. The molecule has 0 N–H and O–H groups in total. The lowest BCUT2D eigenvalue weighted by molar-refractivity contribution is 1.18. The van der Waals surface area contributed by atoms with Crippen LogP contribution in [-0.2, 0) is 0 Å². The molecule has 9 rings (SSSR count). The predicted octanol–water partition coefficient (Wildman–Crippen LogP) is 11.0. The molecule has 7 aromatic carbocycles. The van der Waals surface area contributed by atoms with E-state index in [1.54, 1.807) is 0 Å². The SMILES string of the molecule is N#Cc1ccc2c3ccccc3n(-c3ccc(C#N)c(-c4ccc(-c5ccccc5-n5c6ccccc6c6ccccc65)cc4)c3)c2c1. The second-order valence-corrected chi connectivity index (χ2v) is 12.0. The minimum Gasteiger partial charge on any atom is -0.309 e. The van der Waals surface area contributed by atoms with Gasteiger partial charge in [0.05, 0.1) is 51.0 Å². The summed E-state index contributed by atoms with van der Waals surface area (Å²) in [5.74, 6) is 0. The Hall–Kier alpha value is -6.88. The van der Waals surface area contributed by atoms with E-state index < -0.39 is 0 Å². The molecule has 0 aliphatic rings. The third kappa shape index (κ3) is 4.14. The maximum absolute atomic E-state index is 10.2. The van der Waals surface area contributed by atoms with Crippen LogP contribution in [0.5, 0.6) is 0 Å². The Labute approximate surface area is 277 Å². The van der Waals surface area contributed by atoms with Crippen LogP contribution < -0.4 is 0 Å². The first-order valence-corrected chi connectivity index (χ1v) is 15.9. The van der Waals surface area contributed by atoms with Gasteiger partial charge in [-0.05, 0) is 65.7 Å². The van der Waals surface area contributed by atoms with Gasteiger partial charge in [-0.25, -0.2) is 0 Å². The van der Waals surface area contributed by atoms with E-state index >= 15 is 0 Å². The van der Waals surface area contributed by atoms with E-state index in [9.17, 15) is 10.5 Å². The second kappa shape index (κ2) is 10.9. The third-order valence-corrected chi connectivity index (χ3v) is 9.42. The molecule has 222 valence electrons. The van der Waals surface area contributed by atoms with Gasteiger partial charge >= 0.3 is 0 Å². The summed E-state index contributed by atoms with van der Waals surface area (Å²) in [5, 5.41) is 24.5. The van der Waals surface area contributed by atoms with Gasteiger partial charge in [0.1, 0.15) is 0 Å². The van der Waals surface area contributed by atoms with Crippen LogP contribution in [0, 0.1) is 22.7 Å². The van der Waals surface area contributed by atoms with Crippen molar-refractivity contribution in [1.29, 1.82) is 10.5 Å². The van der Waals surface area contributed by atoms with E-state index in [1.807, 2.05) is 42.5 Å². The zero-order chi connectivity index (χ0) is 32.2. The molecule has 4 nitrogen and oxygen atoms in total. The van der Waals surface area contributed by atoms with Crippen molar-refractivity contribution >= 4 is 43.6 Å². The van der Waals surface area contributed by atoms with Crippen molar-refractivity contribution in [3.8, 4) is 45.8 Å². The lowest BCUT2D eigenvalue weighted by Crippen LogP contribution is -1.97. The van der Waals surface area contributed by atoms with Crippen molar-refractivity contribution in [2.75, 3.05) is 0 Å². The van der Waals surface area contributed by atoms with Gasteiger partial charge in [0.25, 0.3) is 0 Å². The van der Waals surface area contributed by atoms with Gasteiger partial charge in [-0.2, -0.15) is 10.5 Å². The minimum atomic E-state index is 0.607. The minimum absolute atomic E-state index is 0.607. The highest BCUT2D eigenvalue weighted by molar-refractivity contribution is 6.10. The molecular weight excluding hydrogens is 585 g/mol. The van der Waals surface area contributed by atoms with Crippen molar-refractivity contribution in [2.45, 2.75) is 0 Å². The first-order chi connectivity index (χ1) is 23.7. The fourth-order valence-corrected chi connectivity index (χ4v) is 7.25. The number of para-hydroxylation sites is 4. The molecule has 0 atom stereocenters. The summed E-state index contributed by atoms with van der Waals surface area (Å²) in [5.41, 5.74) is 11.7. The Kier molecular flexibility index (Phi) is 6.22. The van der Waals surface area contributed by atoms with Gasteiger partial charge in [0.15, 0.2) is 0 Å². The molecule has 0 bridgehead atoms. The summed E-state index contributed by atoms with van der Waals surface area (Å²) in [6.07, 6.45) is 0. The Morgan fingerprint density at radius 1 is 0.396 bits per heavy atom. The average molecular weight is 611 g/mol. The van der Waals surface area contributed by atoms with Gasteiger partial charge < -0.3 is 9.13 Å². The van der Waals surface area contributed by atoms with Crippen LogP contribution in [0.15, 0.2) is 158 Å². The van der Waals surface area contributed by atoms with Crippen molar-refractivity contribution in [3.63, 3.8) is 0 Å². The molecule has 0 unspecified atom stereocenters. The predicted molar refractivity (Wildman–Crippen MR) is 195 cm³/mol. The molecule has 0 aliphatic carbocycles. The summed E-state index contributed by atoms with van der Waals surface area (Å²) < 4.78 is 4.54. The van der Waals surface area contributed by atoms with Crippen LogP contribution in [0.1, 0.15) is 11.1 Å². The Morgan fingerprint density at radius 2 is 0.938 bits per heavy atom. The first-order valence-electron chi connectivity index (χ1n) is 15.9. The smallest absolute Gasteiger partial charge is 0.0998 e. The fraction of sp³-hybridized carbons (Fsp3) is 0. The summed E-state index contributed by atoms with van der Waals surface area (Å²) in [6.45, 7) is 0. The number of benzene rings is 7. The normalized spacial score (nSPS) is 11.3. The van der Waals surface area contributed by atoms with Crippen LogP contribution in [0.2, 0.25) is 0 Å². The zero-order valence-electron chi connectivity index (χ0n) is 25.8. The Balaban J connectivity index is 1.18. The molecule has 0 spiro atoms. The summed E-state index contributed by atoms with van der Waals surface area (Å²) in [6, 6.07) is 59.0. The standard InChI is InChI=1S/C44H26N4/c45-27-29-17-24-38-37-12-2-6-14-41(37)47(44(38)25-29)33-23-22-32(28-46)39(26-33)31-20-18-30(19-21-31)34-9-1-5-13-40(34)48-42-15-7-3-10-35(42)36-11-4-8-16-43(36)48/h1-26H. The van der Waals surface area contributed by atoms with Gasteiger partial charge in [-0.1, -0.05) is 103 Å². The molecule has 4 heteroatoms. The van der Waals surface area contributed by atoms with Gasteiger partial charge in [-0.15, -0.1) is 0 Å². The summed E-state index contributed by atoms with van der Waals surface area (Å²) >= 11 is 0. The molecule has 0 aliphatic heterocycles. The maximum atomic E-state index is 10.2. The van der Waals surface area contributed by atoms with E-state index in [-0.39, 0.29) is 0 Å². The number of fused-ring (bicyclic) bond motifs is 6. The van der Waals surface area contributed by atoms with E-state index in [1.165, 1.54) is 21.8 Å².